The van der Waals surface area contributed by atoms with Crippen molar-refractivity contribution in [1.29, 1.82) is 0 Å². The Balaban J connectivity index is 1.16. The third-order valence-corrected chi connectivity index (χ3v) is 15.3. The largest absolute Gasteiger partial charge is 0.481 e. The van der Waals surface area contributed by atoms with Gasteiger partial charge in [-0.15, -0.1) is 0 Å². The summed E-state index contributed by atoms with van der Waals surface area (Å²) in [5.41, 5.74) is 8.89. The lowest BCUT2D eigenvalue weighted by Crippen LogP contribution is -2.61. The third-order valence-electron chi connectivity index (χ3n) is 15.3. The summed E-state index contributed by atoms with van der Waals surface area (Å²) in [6.07, 6.45) is -9.56. The van der Waals surface area contributed by atoms with Gasteiger partial charge in [0.1, 0.15) is 48.3 Å². The van der Waals surface area contributed by atoms with Crippen LogP contribution in [0.2, 0.25) is 0 Å². The number of nitrogens with two attached hydrogens (primary N) is 1. The molecule has 1 aliphatic heterocycles. The summed E-state index contributed by atoms with van der Waals surface area (Å²) in [6, 6.07) is 15.5. The molecule has 0 saturated heterocycles. The summed E-state index contributed by atoms with van der Waals surface area (Å²) in [4.78, 5) is 223. The number of carbonyl (C=O) groups is 17. The minimum atomic E-state index is -2.30. The molecule has 36 heteroatoms. The van der Waals surface area contributed by atoms with Gasteiger partial charge in [0.2, 0.25) is 76.8 Å². The van der Waals surface area contributed by atoms with Crippen LogP contribution in [0.25, 0.3) is 0 Å². The molecule has 0 aliphatic carbocycles. The number of aliphatic carboxylic acids is 4. The molecule has 1 heterocycles. The Hall–Kier alpha value is -12.7. The van der Waals surface area contributed by atoms with Crippen LogP contribution in [0.15, 0.2) is 109 Å². The van der Waals surface area contributed by atoms with Crippen molar-refractivity contribution in [2.24, 2.45) is 11.7 Å². The van der Waals surface area contributed by atoms with E-state index in [1.165, 1.54) is 4.90 Å². The number of carboxylic acids is 4. The van der Waals surface area contributed by atoms with Gasteiger partial charge >= 0.3 is 23.9 Å². The molecule has 13 amide bonds. The molecule has 8 atom stereocenters. The highest BCUT2D eigenvalue weighted by Crippen LogP contribution is 2.26. The number of aliphatic hydroxyl groups is 2. The number of aliphatic hydroxyl groups excluding tert-OH is 1. The monoisotopic (exact) mass is 1450 g/mol. The molecule has 554 valence electrons. The third kappa shape index (κ3) is 27.8. The fraction of sp³-hybridized carbons (Fsp3) is 0.368. The molecular weight excluding hydrogens is 1370 g/mol. The predicted molar refractivity (Wildman–Crippen MR) is 360 cm³/mol. The molecule has 0 saturated carbocycles. The fourth-order valence-electron chi connectivity index (χ4n) is 10.1. The van der Waals surface area contributed by atoms with E-state index in [2.05, 4.69) is 49.1 Å². The smallest absolute Gasteiger partial charge is 0.305 e. The maximum Gasteiger partial charge on any atom is 0.305 e. The van der Waals surface area contributed by atoms with Crippen LogP contribution in [0.5, 0.6) is 0 Å². The number of nitrogens with zero attached hydrogens (tertiary/aromatic N) is 1. The lowest BCUT2D eigenvalue weighted by atomic mass is 10.00. The molecule has 0 fully saturated rings. The van der Waals surface area contributed by atoms with Gasteiger partial charge in [0.05, 0.1) is 57.5 Å². The number of anilines is 1. The first-order valence-corrected chi connectivity index (χ1v) is 32.1. The molecular formula is C68H79N13O23. The summed E-state index contributed by atoms with van der Waals surface area (Å²) in [5, 5.41) is 82.1. The van der Waals surface area contributed by atoms with E-state index in [1.54, 1.807) is 123 Å². The molecule has 19 N–H and O–H groups in total. The number of carbonyl (C=O) groups excluding carboxylic acids is 13. The van der Waals surface area contributed by atoms with E-state index < -0.39 is 226 Å². The SMILES string of the molecule is CC(C)C(NC(=O)C(Cc1ccccc1)NC(=O)C(Cc1ccccc1)NC(=O)C(CC(=O)O)NC(=O)C(CC(=O)O)NC(=O)C(CC(=O)O)NC(=O)CNC(=O)CNC(=O)CNC(=O)C(CC(O)O)NC(=O)C(CC(=O)O)NC(=O)CCC(=O)N1Cc2ccccc2C#Cc2ccccc21)C(N)=O. The highest BCUT2D eigenvalue weighted by Gasteiger charge is 2.37. The van der Waals surface area contributed by atoms with Crippen molar-refractivity contribution in [3.63, 3.8) is 0 Å². The van der Waals surface area contributed by atoms with Crippen molar-refractivity contribution >= 4 is 106 Å². The maximum atomic E-state index is 14.3. The Morgan fingerprint density at radius 2 is 0.788 bits per heavy atom. The second-order valence-corrected chi connectivity index (χ2v) is 23.8. The van der Waals surface area contributed by atoms with Gasteiger partial charge in [0, 0.05) is 43.2 Å². The van der Waals surface area contributed by atoms with Crippen LogP contribution < -0.4 is 69.1 Å². The predicted octanol–water partition coefficient (Wildman–Crippen LogP) is -4.83. The van der Waals surface area contributed by atoms with Gasteiger partial charge in [-0.3, -0.25) is 81.5 Å². The molecule has 0 bridgehead atoms. The molecule has 0 aromatic heterocycles. The second-order valence-electron chi connectivity index (χ2n) is 23.8. The van der Waals surface area contributed by atoms with E-state index in [0.717, 1.165) is 5.56 Å². The molecule has 0 spiro atoms. The number of primary amides is 1. The molecule has 1 aliphatic rings. The normalized spacial score (nSPS) is 13.5. The van der Waals surface area contributed by atoms with Gasteiger partial charge in [-0.05, 0) is 40.8 Å². The van der Waals surface area contributed by atoms with Crippen LogP contribution in [0, 0.1) is 17.8 Å². The van der Waals surface area contributed by atoms with Crippen molar-refractivity contribution in [3.05, 3.63) is 137 Å². The number of carboxylic acid groups (broad SMARTS) is 4. The van der Waals surface area contributed by atoms with Crippen molar-refractivity contribution < 1.29 is 112 Å². The molecule has 5 rings (SSSR count). The number of fused-ring (bicyclic) bond motifs is 2. The number of amides is 13. The summed E-state index contributed by atoms with van der Waals surface area (Å²) in [7, 11) is 0. The Bertz CT molecular complexity index is 3920. The van der Waals surface area contributed by atoms with Crippen molar-refractivity contribution in [2.75, 3.05) is 24.5 Å². The standard InChI is InChI=1S/C68H79N13O23/c1-36(2)60(61(69)97)80-68(104)43(26-38-15-7-4-8-16-38)76-63(99)42(25-37-13-5-3-6-14-37)75-66(102)47(30-58(93)94)79-67(103)48(31-59(95)96)78-65(101)46(29-57(91)92)74-53(85)34-71-51(83)32-70-52(84)33-72-62(98)44(27-55(87)88)77-64(100)45(28-56(89)90)73-50(82)23-24-54(86)81-35-41-19-10-9-17-39(41)21-22-40-18-11-12-20-49(40)81/h3-20,36,42-48,55,60,87-88H,23-35H2,1-2H3,(H2,69,97)(H,70,84)(H,71,83)(H,72,98)(H,73,82)(H,74,85)(H,75,102)(H,76,99)(H,77,100)(H,78,101)(H,79,103)(H,80,104)(H,89,90)(H,91,92)(H,93,94)(H,95,96). The van der Waals surface area contributed by atoms with Gasteiger partial charge < -0.3 is 99.8 Å². The van der Waals surface area contributed by atoms with Gasteiger partial charge in [0.25, 0.3) is 0 Å². The second kappa shape index (κ2) is 40.6. The number of hydrogen-bond acceptors (Lipinski definition) is 19. The van der Waals surface area contributed by atoms with Crippen LogP contribution in [0.4, 0.5) is 5.69 Å². The molecule has 4 aromatic carbocycles. The Kier molecular flexibility index (Phi) is 32.0. The minimum absolute atomic E-state index is 0.0880. The molecule has 0 radical (unpaired) electrons. The van der Waals surface area contributed by atoms with Gasteiger partial charge in [-0.1, -0.05) is 117 Å². The summed E-state index contributed by atoms with van der Waals surface area (Å²) in [5.74, 6) is -16.0. The van der Waals surface area contributed by atoms with E-state index >= 15 is 0 Å². The summed E-state index contributed by atoms with van der Waals surface area (Å²) >= 11 is 0. The molecule has 8 unspecified atom stereocenters. The van der Waals surface area contributed by atoms with Crippen LogP contribution in [0.1, 0.15) is 86.6 Å². The number of benzene rings is 4. The highest BCUT2D eigenvalue weighted by atomic mass is 16.5. The maximum absolute atomic E-state index is 14.3. The Labute approximate surface area is 592 Å². The van der Waals surface area contributed by atoms with Crippen LogP contribution in [0.3, 0.4) is 0 Å². The average molecular weight is 1450 g/mol. The quantitative estimate of drug-likeness (QED) is 0.0147. The summed E-state index contributed by atoms with van der Waals surface area (Å²) < 4.78 is 0. The van der Waals surface area contributed by atoms with E-state index in [4.69, 9.17) is 5.73 Å². The first-order valence-electron chi connectivity index (χ1n) is 32.1. The van der Waals surface area contributed by atoms with Crippen molar-refractivity contribution in [1.82, 2.24) is 58.5 Å². The van der Waals surface area contributed by atoms with E-state index in [0.29, 0.717) is 27.9 Å². The zero-order valence-corrected chi connectivity index (χ0v) is 56.0. The van der Waals surface area contributed by atoms with E-state index in [-0.39, 0.29) is 19.4 Å². The average Bonchev–Trinajstić information content (AvgIpc) is 0.804. The number of nitrogens with one attached hydrogen (secondary N) is 11. The summed E-state index contributed by atoms with van der Waals surface area (Å²) in [6.45, 7) is 0.344. The van der Waals surface area contributed by atoms with Gasteiger partial charge in [-0.25, -0.2) is 0 Å². The van der Waals surface area contributed by atoms with E-state index in [9.17, 15) is 112 Å². The Morgan fingerprint density at radius 3 is 1.25 bits per heavy atom. The lowest BCUT2D eigenvalue weighted by Gasteiger charge is -2.27. The van der Waals surface area contributed by atoms with Crippen LogP contribution >= 0.6 is 0 Å². The van der Waals surface area contributed by atoms with Crippen molar-refractivity contribution in [2.45, 2.75) is 133 Å². The highest BCUT2D eigenvalue weighted by molar-refractivity contribution is 6.01. The minimum Gasteiger partial charge on any atom is -0.481 e. The lowest BCUT2D eigenvalue weighted by molar-refractivity contribution is -0.144. The van der Waals surface area contributed by atoms with E-state index in [1.807, 2.05) is 21.3 Å². The van der Waals surface area contributed by atoms with Crippen molar-refractivity contribution in [3.8, 4) is 11.8 Å². The number of para-hydroxylation sites is 1. The first-order chi connectivity index (χ1) is 49.3. The Morgan fingerprint density at radius 1 is 0.413 bits per heavy atom. The number of rotatable bonds is 40. The van der Waals surface area contributed by atoms with Crippen LogP contribution in [-0.2, 0) is 101 Å². The molecule has 36 nitrogen and oxygen atoms in total. The first kappa shape index (κ1) is 82.0. The molecule has 104 heavy (non-hydrogen) atoms. The van der Waals surface area contributed by atoms with Gasteiger partial charge in [-0.2, -0.15) is 0 Å². The molecule has 4 aromatic rings. The topological polar surface area (TPSA) is 573 Å². The zero-order chi connectivity index (χ0) is 76.7. The number of hydrogen-bond donors (Lipinski definition) is 18. The zero-order valence-electron chi connectivity index (χ0n) is 56.0. The van der Waals surface area contributed by atoms with Crippen LogP contribution in [-0.4, -0.2) is 206 Å². The fourth-order valence-corrected chi connectivity index (χ4v) is 10.1. The van der Waals surface area contributed by atoms with Gasteiger partial charge in [0.15, 0.2) is 6.29 Å².